The maximum Gasteiger partial charge on any atom is 0.147 e. The molecule has 17 heavy (non-hydrogen) atoms. The third-order valence-corrected chi connectivity index (χ3v) is 3.12. The Labute approximate surface area is 106 Å². The summed E-state index contributed by atoms with van der Waals surface area (Å²) in [6, 6.07) is 2.74. The van der Waals surface area contributed by atoms with E-state index in [0.717, 1.165) is 13.1 Å². The lowest BCUT2D eigenvalue weighted by molar-refractivity contribution is 0.119. The van der Waals surface area contributed by atoms with Crippen molar-refractivity contribution in [2.75, 3.05) is 25.4 Å². The number of nitrogen functional groups attached to an aromatic ring is 1. The van der Waals surface area contributed by atoms with Crippen LogP contribution < -0.4 is 5.73 Å². The normalized spacial score (nSPS) is 13.1. The van der Waals surface area contributed by atoms with Gasteiger partial charge in [-0.3, -0.25) is 0 Å². The number of halogens is 2. The average Bonchev–Trinajstić information content (AvgIpc) is 2.31. The number of anilines is 1. The number of rotatable bonds is 5. The summed E-state index contributed by atoms with van der Waals surface area (Å²) in [5, 5.41) is 10.1. The van der Waals surface area contributed by atoms with Crippen LogP contribution in [0.2, 0.25) is 5.02 Å². The predicted molar refractivity (Wildman–Crippen MR) is 68.6 cm³/mol. The smallest absolute Gasteiger partial charge is 0.147 e. The fraction of sp³-hybridized carbons (Fsp3) is 0.500. The number of benzene rings is 1. The monoisotopic (exact) mass is 260 g/mol. The molecular formula is C12H18ClFN2O. The van der Waals surface area contributed by atoms with Crippen molar-refractivity contribution >= 4 is 17.3 Å². The molecular weight excluding hydrogens is 243 g/mol. The van der Waals surface area contributed by atoms with Crippen LogP contribution in [-0.2, 0) is 0 Å². The number of hydrogen-bond acceptors (Lipinski definition) is 3. The van der Waals surface area contributed by atoms with E-state index >= 15 is 0 Å². The Kier molecular flexibility index (Phi) is 5.18. The van der Waals surface area contributed by atoms with E-state index in [4.69, 9.17) is 17.3 Å². The fourth-order valence-electron chi connectivity index (χ4n) is 1.63. The first-order valence-corrected chi connectivity index (χ1v) is 6.02. The van der Waals surface area contributed by atoms with Gasteiger partial charge in [-0.15, -0.1) is 0 Å². The van der Waals surface area contributed by atoms with Crippen LogP contribution in [0, 0.1) is 5.82 Å². The van der Waals surface area contributed by atoms with Crippen LogP contribution in [0.25, 0.3) is 0 Å². The van der Waals surface area contributed by atoms with Gasteiger partial charge < -0.3 is 15.7 Å². The van der Waals surface area contributed by atoms with Crippen LogP contribution >= 0.6 is 11.6 Å². The van der Waals surface area contributed by atoms with E-state index in [0.29, 0.717) is 12.1 Å². The number of aliphatic hydroxyl groups excluding tert-OH is 1. The molecule has 1 aromatic rings. The summed E-state index contributed by atoms with van der Waals surface area (Å²) in [6.45, 7) is 6.13. The maximum absolute atomic E-state index is 13.4. The topological polar surface area (TPSA) is 49.5 Å². The highest BCUT2D eigenvalue weighted by Crippen LogP contribution is 2.27. The molecule has 1 atom stereocenters. The van der Waals surface area contributed by atoms with Crippen molar-refractivity contribution in [1.29, 1.82) is 0 Å². The van der Waals surface area contributed by atoms with Crippen molar-refractivity contribution in [3.05, 3.63) is 28.5 Å². The quantitative estimate of drug-likeness (QED) is 0.800. The largest absolute Gasteiger partial charge is 0.395 e. The molecule has 0 radical (unpaired) electrons. The van der Waals surface area contributed by atoms with E-state index in [1.807, 2.05) is 18.7 Å². The molecule has 1 aromatic carbocycles. The number of hydrogen-bond donors (Lipinski definition) is 2. The second-order valence-electron chi connectivity index (χ2n) is 3.90. The first-order chi connectivity index (χ1) is 7.99. The highest BCUT2D eigenvalue weighted by Gasteiger charge is 2.15. The van der Waals surface area contributed by atoms with Crippen molar-refractivity contribution in [3.8, 4) is 0 Å². The highest BCUT2D eigenvalue weighted by atomic mass is 35.5. The van der Waals surface area contributed by atoms with Gasteiger partial charge in [0.2, 0.25) is 0 Å². The van der Waals surface area contributed by atoms with Gasteiger partial charge in [0.1, 0.15) is 5.82 Å². The minimum Gasteiger partial charge on any atom is -0.395 e. The molecule has 0 bridgehead atoms. The van der Waals surface area contributed by atoms with E-state index in [9.17, 15) is 9.50 Å². The SMILES string of the molecule is CCN(CC)CC(O)c1cc(F)c(N)c(Cl)c1. The number of nitrogens with zero attached hydrogens (tertiary/aromatic N) is 1. The van der Waals surface area contributed by atoms with Gasteiger partial charge in [0.25, 0.3) is 0 Å². The van der Waals surface area contributed by atoms with Crippen LogP contribution in [0.15, 0.2) is 12.1 Å². The Morgan fingerprint density at radius 3 is 2.47 bits per heavy atom. The van der Waals surface area contributed by atoms with Crippen LogP contribution in [0.3, 0.4) is 0 Å². The summed E-state index contributed by atoms with van der Waals surface area (Å²) >= 11 is 5.78. The van der Waals surface area contributed by atoms with E-state index in [-0.39, 0.29) is 10.7 Å². The fourth-order valence-corrected chi connectivity index (χ4v) is 1.84. The van der Waals surface area contributed by atoms with Crippen LogP contribution in [0.5, 0.6) is 0 Å². The van der Waals surface area contributed by atoms with Gasteiger partial charge in [0.15, 0.2) is 0 Å². The Bertz CT molecular complexity index is 360. The minimum absolute atomic E-state index is 0.0783. The Morgan fingerprint density at radius 1 is 1.41 bits per heavy atom. The molecule has 0 aliphatic carbocycles. The van der Waals surface area contributed by atoms with Gasteiger partial charge in [0, 0.05) is 6.54 Å². The molecule has 0 amide bonds. The third-order valence-electron chi connectivity index (χ3n) is 2.81. The summed E-state index contributed by atoms with van der Waals surface area (Å²) < 4.78 is 13.4. The molecule has 0 spiro atoms. The first-order valence-electron chi connectivity index (χ1n) is 5.64. The van der Waals surface area contributed by atoms with E-state index in [1.165, 1.54) is 12.1 Å². The van der Waals surface area contributed by atoms with Crippen molar-refractivity contribution in [2.24, 2.45) is 0 Å². The number of aliphatic hydroxyl groups is 1. The Balaban J connectivity index is 2.85. The van der Waals surface area contributed by atoms with Crippen LogP contribution in [-0.4, -0.2) is 29.6 Å². The van der Waals surface area contributed by atoms with Crippen LogP contribution in [0.1, 0.15) is 25.5 Å². The van der Waals surface area contributed by atoms with Crippen molar-refractivity contribution in [2.45, 2.75) is 20.0 Å². The second-order valence-corrected chi connectivity index (χ2v) is 4.31. The van der Waals surface area contributed by atoms with Gasteiger partial charge in [-0.25, -0.2) is 4.39 Å². The molecule has 1 rings (SSSR count). The van der Waals surface area contributed by atoms with Crippen molar-refractivity contribution < 1.29 is 9.50 Å². The van der Waals surface area contributed by atoms with Crippen molar-refractivity contribution in [1.82, 2.24) is 4.90 Å². The number of likely N-dealkylation sites (N-methyl/N-ethyl adjacent to an activating group) is 1. The molecule has 1 unspecified atom stereocenters. The molecule has 0 aliphatic heterocycles. The Hall–Kier alpha value is -0.840. The lowest BCUT2D eigenvalue weighted by Crippen LogP contribution is -2.28. The van der Waals surface area contributed by atoms with E-state index < -0.39 is 11.9 Å². The van der Waals surface area contributed by atoms with Crippen molar-refractivity contribution in [3.63, 3.8) is 0 Å². The molecule has 0 aromatic heterocycles. The number of nitrogens with two attached hydrogens (primary N) is 1. The predicted octanol–water partition coefficient (Wildman–Crippen LogP) is 2.44. The van der Waals surface area contributed by atoms with Gasteiger partial charge in [-0.1, -0.05) is 25.4 Å². The lowest BCUT2D eigenvalue weighted by Gasteiger charge is -2.22. The molecule has 0 saturated carbocycles. The second kappa shape index (κ2) is 6.19. The minimum atomic E-state index is -0.762. The van der Waals surface area contributed by atoms with Gasteiger partial charge in [-0.05, 0) is 30.8 Å². The zero-order valence-electron chi connectivity index (χ0n) is 10.1. The summed E-state index contributed by atoms with van der Waals surface area (Å²) in [6.07, 6.45) is -0.762. The average molecular weight is 261 g/mol. The highest BCUT2D eigenvalue weighted by molar-refractivity contribution is 6.33. The molecule has 5 heteroatoms. The standard InChI is InChI=1S/C12H18ClFN2O/c1-3-16(4-2)7-11(17)8-5-9(13)12(15)10(14)6-8/h5-6,11,17H,3-4,7,15H2,1-2H3. The summed E-state index contributed by atoms with van der Waals surface area (Å²) in [4.78, 5) is 2.05. The molecule has 0 aliphatic rings. The zero-order valence-corrected chi connectivity index (χ0v) is 10.8. The van der Waals surface area contributed by atoms with Gasteiger partial charge >= 0.3 is 0 Å². The summed E-state index contributed by atoms with van der Waals surface area (Å²) in [5.41, 5.74) is 5.78. The molecule has 3 nitrogen and oxygen atoms in total. The molecule has 0 fully saturated rings. The maximum atomic E-state index is 13.4. The summed E-state index contributed by atoms with van der Waals surface area (Å²) in [5.74, 6) is -0.592. The van der Waals surface area contributed by atoms with Gasteiger partial charge in [0.05, 0.1) is 16.8 Å². The lowest BCUT2D eigenvalue weighted by atomic mass is 10.1. The molecule has 96 valence electrons. The van der Waals surface area contributed by atoms with E-state index in [1.54, 1.807) is 0 Å². The molecule has 0 saturated heterocycles. The van der Waals surface area contributed by atoms with Gasteiger partial charge in [-0.2, -0.15) is 0 Å². The first kappa shape index (κ1) is 14.2. The Morgan fingerprint density at radius 2 is 2.00 bits per heavy atom. The van der Waals surface area contributed by atoms with Crippen LogP contribution in [0.4, 0.5) is 10.1 Å². The van der Waals surface area contributed by atoms with E-state index in [2.05, 4.69) is 0 Å². The molecule has 0 heterocycles. The zero-order chi connectivity index (χ0) is 13.0. The summed E-state index contributed by atoms with van der Waals surface area (Å²) in [7, 11) is 0. The third kappa shape index (κ3) is 3.56. The molecule has 3 N–H and O–H groups in total.